The zero-order valence-electron chi connectivity index (χ0n) is 21.8. The molecule has 1 aliphatic heterocycles. The van der Waals surface area contributed by atoms with Gasteiger partial charge in [0.25, 0.3) is 11.5 Å². The Balaban J connectivity index is 1.24. The van der Waals surface area contributed by atoms with E-state index in [1.165, 1.54) is 10.6 Å². The molecule has 3 heterocycles. The molecule has 0 saturated heterocycles. The molecule has 6 nitrogen and oxygen atoms in total. The molecule has 1 N–H and O–H groups in total. The first-order valence-electron chi connectivity index (χ1n) is 13.5. The van der Waals surface area contributed by atoms with E-state index in [0.717, 1.165) is 24.2 Å². The molecule has 0 bridgehead atoms. The van der Waals surface area contributed by atoms with Crippen LogP contribution in [-0.2, 0) is 25.8 Å². The number of halogens is 4. The first-order valence-corrected chi connectivity index (χ1v) is 13.5. The lowest BCUT2D eigenvalue weighted by Gasteiger charge is -2.35. The number of nitrogens with one attached hydrogen (secondary N) is 1. The van der Waals surface area contributed by atoms with E-state index in [1.54, 1.807) is 18.2 Å². The maximum atomic E-state index is 15.6. The lowest BCUT2D eigenvalue weighted by molar-refractivity contribution is -0.134. The van der Waals surface area contributed by atoms with Gasteiger partial charge < -0.3 is 14.8 Å². The van der Waals surface area contributed by atoms with Crippen molar-refractivity contribution in [2.45, 2.75) is 89.1 Å². The van der Waals surface area contributed by atoms with Crippen LogP contribution in [-0.4, -0.2) is 57.9 Å². The van der Waals surface area contributed by atoms with Gasteiger partial charge in [-0.3, -0.25) is 14.6 Å². The molecule has 10 heteroatoms. The predicted octanol–water partition coefficient (Wildman–Crippen LogP) is 4.63. The van der Waals surface area contributed by atoms with Crippen LogP contribution < -0.4 is 10.9 Å². The second kappa shape index (κ2) is 12.0. The molecule has 1 amide bonds. The van der Waals surface area contributed by atoms with Crippen molar-refractivity contribution in [3.8, 4) is 0 Å². The maximum Gasteiger partial charge on any atom is 0.389 e. The second-order valence-corrected chi connectivity index (χ2v) is 10.5. The number of aryl methyl sites for hydroxylation is 1. The summed E-state index contributed by atoms with van der Waals surface area (Å²) in [6.07, 6.45) is -1.57. The van der Waals surface area contributed by atoms with Crippen LogP contribution in [0.1, 0.15) is 72.9 Å². The standard InChI is InChI=1S/C28H36F4N4O2/c1-2-36-24(4-3-5-25(36)37)26(38)34-22-8-13-27(29,14-9-22)16-19-35-17-11-20-6-7-21(10-15-28(30,31)32)33-23(20)12-18-35/h3-7,22H,2,8-19H2,1H3,(H,34,38)/t22-,27+. The number of fused-ring (bicyclic) bond motifs is 1. The third-order valence-corrected chi connectivity index (χ3v) is 7.84. The highest BCUT2D eigenvalue weighted by atomic mass is 19.4. The van der Waals surface area contributed by atoms with Crippen LogP contribution in [0.25, 0.3) is 0 Å². The smallest absolute Gasteiger partial charge is 0.348 e. The Labute approximate surface area is 220 Å². The first-order chi connectivity index (χ1) is 18.0. The molecule has 0 unspecified atom stereocenters. The highest BCUT2D eigenvalue weighted by Gasteiger charge is 2.36. The zero-order valence-corrected chi connectivity index (χ0v) is 21.8. The van der Waals surface area contributed by atoms with E-state index < -0.39 is 18.3 Å². The van der Waals surface area contributed by atoms with Gasteiger partial charge in [0.1, 0.15) is 11.4 Å². The first kappa shape index (κ1) is 28.3. The molecule has 1 saturated carbocycles. The summed E-state index contributed by atoms with van der Waals surface area (Å²) in [6, 6.07) is 8.07. The minimum Gasteiger partial charge on any atom is -0.348 e. The number of hydrogen-bond acceptors (Lipinski definition) is 4. The number of hydrogen-bond donors (Lipinski definition) is 1. The molecule has 0 atom stereocenters. The molecule has 208 valence electrons. The normalized spacial score (nSPS) is 22.5. The highest BCUT2D eigenvalue weighted by molar-refractivity contribution is 5.92. The summed E-state index contributed by atoms with van der Waals surface area (Å²) in [7, 11) is 0. The molecule has 0 radical (unpaired) electrons. The molecule has 2 aliphatic rings. The quantitative estimate of drug-likeness (QED) is 0.500. The Morgan fingerprint density at radius 2 is 1.87 bits per heavy atom. The lowest BCUT2D eigenvalue weighted by Crippen LogP contribution is -2.44. The van der Waals surface area contributed by atoms with Crippen LogP contribution in [0.2, 0.25) is 0 Å². The zero-order chi connectivity index (χ0) is 27.3. The minimum atomic E-state index is -4.19. The number of carbonyl (C=O) groups is 1. The van der Waals surface area contributed by atoms with Gasteiger partial charge in [0.2, 0.25) is 0 Å². The summed E-state index contributed by atoms with van der Waals surface area (Å²) >= 11 is 0. The predicted molar refractivity (Wildman–Crippen MR) is 137 cm³/mol. The molecule has 0 aromatic carbocycles. The molecule has 38 heavy (non-hydrogen) atoms. The summed E-state index contributed by atoms with van der Waals surface area (Å²) in [4.78, 5) is 31.4. The van der Waals surface area contributed by atoms with Gasteiger partial charge in [0, 0.05) is 62.5 Å². The number of carbonyl (C=O) groups excluding carboxylic acids is 1. The van der Waals surface area contributed by atoms with Gasteiger partial charge in [-0.2, -0.15) is 13.2 Å². The number of alkyl halides is 4. The van der Waals surface area contributed by atoms with Crippen LogP contribution in [0.15, 0.2) is 35.1 Å². The van der Waals surface area contributed by atoms with E-state index in [4.69, 9.17) is 0 Å². The van der Waals surface area contributed by atoms with Crippen molar-refractivity contribution < 1.29 is 22.4 Å². The van der Waals surface area contributed by atoms with Crippen LogP contribution >= 0.6 is 0 Å². The summed E-state index contributed by atoms with van der Waals surface area (Å²) in [5.74, 6) is -0.305. The summed E-state index contributed by atoms with van der Waals surface area (Å²) in [5.41, 5.74) is 1.18. The maximum absolute atomic E-state index is 15.6. The molecule has 1 fully saturated rings. The topological polar surface area (TPSA) is 67.2 Å². The van der Waals surface area contributed by atoms with Crippen LogP contribution in [0, 0.1) is 0 Å². The van der Waals surface area contributed by atoms with Gasteiger partial charge in [0.05, 0.1) is 0 Å². The molecular weight excluding hydrogens is 500 g/mol. The van der Waals surface area contributed by atoms with Crippen molar-refractivity contribution in [3.63, 3.8) is 0 Å². The lowest BCUT2D eigenvalue weighted by atomic mass is 9.81. The van der Waals surface area contributed by atoms with Gasteiger partial charge in [-0.15, -0.1) is 0 Å². The van der Waals surface area contributed by atoms with E-state index in [2.05, 4.69) is 15.2 Å². The van der Waals surface area contributed by atoms with Crippen molar-refractivity contribution in [2.24, 2.45) is 0 Å². The Morgan fingerprint density at radius 1 is 1.13 bits per heavy atom. The molecular formula is C28H36F4N4O2. The van der Waals surface area contributed by atoms with Gasteiger partial charge >= 0.3 is 6.18 Å². The highest BCUT2D eigenvalue weighted by Crippen LogP contribution is 2.35. The summed E-state index contributed by atoms with van der Waals surface area (Å²) in [6.45, 7) is 4.29. The van der Waals surface area contributed by atoms with Crippen molar-refractivity contribution in [3.05, 3.63) is 63.3 Å². The van der Waals surface area contributed by atoms with Crippen LogP contribution in [0.3, 0.4) is 0 Å². The monoisotopic (exact) mass is 536 g/mol. The fourth-order valence-electron chi connectivity index (χ4n) is 5.50. The van der Waals surface area contributed by atoms with Gasteiger partial charge in [-0.05, 0) is 69.6 Å². The van der Waals surface area contributed by atoms with Gasteiger partial charge in [0.15, 0.2) is 0 Å². The Hall–Kier alpha value is -2.75. The number of amides is 1. The Morgan fingerprint density at radius 3 is 2.58 bits per heavy atom. The van der Waals surface area contributed by atoms with Crippen molar-refractivity contribution in [1.29, 1.82) is 0 Å². The van der Waals surface area contributed by atoms with Crippen molar-refractivity contribution in [2.75, 3.05) is 19.6 Å². The van der Waals surface area contributed by atoms with Crippen LogP contribution in [0.4, 0.5) is 17.6 Å². The Kier molecular flexibility index (Phi) is 8.90. The van der Waals surface area contributed by atoms with Gasteiger partial charge in [-0.25, -0.2) is 4.39 Å². The molecule has 1 aliphatic carbocycles. The third kappa shape index (κ3) is 7.42. The largest absolute Gasteiger partial charge is 0.389 e. The average Bonchev–Trinajstić information content (AvgIpc) is 3.09. The number of nitrogens with zero attached hydrogens (tertiary/aromatic N) is 3. The van der Waals surface area contributed by atoms with E-state index in [9.17, 15) is 22.8 Å². The minimum absolute atomic E-state index is 0.115. The fourth-order valence-corrected chi connectivity index (χ4v) is 5.50. The molecule has 4 rings (SSSR count). The number of rotatable bonds is 8. The van der Waals surface area contributed by atoms with E-state index >= 15 is 4.39 Å². The van der Waals surface area contributed by atoms with E-state index in [1.807, 2.05) is 13.0 Å². The molecule has 0 spiro atoms. The van der Waals surface area contributed by atoms with Gasteiger partial charge in [-0.1, -0.05) is 12.1 Å². The van der Waals surface area contributed by atoms with Crippen LogP contribution in [0.5, 0.6) is 0 Å². The summed E-state index contributed by atoms with van der Waals surface area (Å²) < 4.78 is 54.7. The number of pyridine rings is 2. The Bertz CT molecular complexity index is 1170. The van der Waals surface area contributed by atoms with Crippen molar-refractivity contribution >= 4 is 5.91 Å². The fraction of sp³-hybridized carbons (Fsp3) is 0.607. The molecule has 2 aromatic heterocycles. The number of aromatic nitrogens is 2. The molecule has 2 aromatic rings. The van der Waals surface area contributed by atoms with Crippen molar-refractivity contribution in [1.82, 2.24) is 19.8 Å². The summed E-state index contributed by atoms with van der Waals surface area (Å²) in [5, 5.41) is 2.98. The van der Waals surface area contributed by atoms with E-state index in [-0.39, 0.29) is 23.9 Å². The second-order valence-electron chi connectivity index (χ2n) is 10.5. The SMILES string of the molecule is CCn1c(C(=O)N[C@H]2CC[C@](F)(CCN3CCc4ccc(CCC(F)(F)F)nc4CC3)CC2)cccc1=O. The third-order valence-electron chi connectivity index (χ3n) is 7.84. The van der Waals surface area contributed by atoms with E-state index in [0.29, 0.717) is 69.5 Å². The average molecular weight is 537 g/mol.